The van der Waals surface area contributed by atoms with Gasteiger partial charge in [-0.05, 0) is 25.0 Å². The number of rotatable bonds is 5. The van der Waals surface area contributed by atoms with Crippen molar-refractivity contribution in [3.8, 4) is 0 Å². The first kappa shape index (κ1) is 14.7. The first-order valence-corrected chi connectivity index (χ1v) is 9.08. The van der Waals surface area contributed by atoms with Crippen molar-refractivity contribution in [2.45, 2.75) is 57.5 Å². The molecule has 2 rings (SSSR count). The van der Waals surface area contributed by atoms with Gasteiger partial charge in [0.15, 0.2) is 0 Å². The summed E-state index contributed by atoms with van der Waals surface area (Å²) in [6.45, 7) is 8.51. The SMILES string of the molecule is CCC(C)C1CN(CCSC)C2(CCCC2)CN1. The van der Waals surface area contributed by atoms with Crippen LogP contribution in [-0.4, -0.2) is 48.1 Å². The second-order valence-corrected chi connectivity index (χ2v) is 7.23. The van der Waals surface area contributed by atoms with Crippen LogP contribution < -0.4 is 5.32 Å². The normalized spacial score (nSPS) is 29.8. The lowest BCUT2D eigenvalue weighted by molar-refractivity contribution is 0.0365. The van der Waals surface area contributed by atoms with Crippen LogP contribution in [-0.2, 0) is 0 Å². The van der Waals surface area contributed by atoms with Gasteiger partial charge in [-0.1, -0.05) is 33.1 Å². The zero-order valence-electron chi connectivity index (χ0n) is 12.4. The van der Waals surface area contributed by atoms with Crippen LogP contribution >= 0.6 is 11.8 Å². The molecule has 0 aromatic rings. The Hall–Kier alpha value is 0.270. The van der Waals surface area contributed by atoms with Gasteiger partial charge >= 0.3 is 0 Å². The molecule has 1 aliphatic carbocycles. The number of piperazine rings is 1. The highest BCUT2D eigenvalue weighted by Gasteiger charge is 2.43. The van der Waals surface area contributed by atoms with Crippen LogP contribution in [0.1, 0.15) is 46.0 Å². The average molecular weight is 270 g/mol. The number of nitrogens with one attached hydrogen (secondary N) is 1. The molecule has 2 nitrogen and oxygen atoms in total. The van der Waals surface area contributed by atoms with Crippen LogP contribution in [0.15, 0.2) is 0 Å². The summed E-state index contributed by atoms with van der Waals surface area (Å²) >= 11 is 1.99. The Bertz CT molecular complexity index is 251. The van der Waals surface area contributed by atoms with Crippen LogP contribution in [0.25, 0.3) is 0 Å². The van der Waals surface area contributed by atoms with E-state index in [0.717, 1.165) is 5.92 Å². The molecule has 1 N–H and O–H groups in total. The minimum absolute atomic E-state index is 0.514. The number of hydrogen-bond donors (Lipinski definition) is 1. The number of nitrogens with zero attached hydrogens (tertiary/aromatic N) is 1. The molecule has 1 spiro atoms. The summed E-state index contributed by atoms with van der Waals surface area (Å²) in [6.07, 6.45) is 9.23. The van der Waals surface area contributed by atoms with Crippen molar-refractivity contribution in [3.63, 3.8) is 0 Å². The minimum Gasteiger partial charge on any atom is -0.311 e. The van der Waals surface area contributed by atoms with E-state index < -0.39 is 0 Å². The number of hydrogen-bond acceptors (Lipinski definition) is 3. The highest BCUT2D eigenvalue weighted by molar-refractivity contribution is 7.98. The molecule has 0 bridgehead atoms. The Morgan fingerprint density at radius 2 is 2.11 bits per heavy atom. The van der Waals surface area contributed by atoms with E-state index in [0.29, 0.717) is 11.6 Å². The predicted molar refractivity (Wildman–Crippen MR) is 82.4 cm³/mol. The van der Waals surface area contributed by atoms with Crippen molar-refractivity contribution in [2.24, 2.45) is 5.92 Å². The largest absolute Gasteiger partial charge is 0.311 e. The maximum Gasteiger partial charge on any atom is 0.0335 e. The molecule has 3 heteroatoms. The van der Waals surface area contributed by atoms with Gasteiger partial charge in [0.1, 0.15) is 0 Å². The van der Waals surface area contributed by atoms with E-state index in [1.54, 1.807) is 0 Å². The zero-order valence-corrected chi connectivity index (χ0v) is 13.2. The fourth-order valence-corrected chi connectivity index (χ4v) is 4.05. The summed E-state index contributed by atoms with van der Waals surface area (Å²) in [5.41, 5.74) is 0.514. The molecule has 1 aliphatic heterocycles. The van der Waals surface area contributed by atoms with Crippen LogP contribution in [0.3, 0.4) is 0 Å². The van der Waals surface area contributed by atoms with Crippen molar-refractivity contribution >= 4 is 11.8 Å². The lowest BCUT2D eigenvalue weighted by Gasteiger charge is -2.49. The van der Waals surface area contributed by atoms with Gasteiger partial charge in [0.05, 0.1) is 0 Å². The van der Waals surface area contributed by atoms with E-state index in [4.69, 9.17) is 0 Å². The van der Waals surface area contributed by atoms with Crippen LogP contribution in [0.2, 0.25) is 0 Å². The second kappa shape index (κ2) is 6.62. The van der Waals surface area contributed by atoms with Gasteiger partial charge in [0.25, 0.3) is 0 Å². The summed E-state index contributed by atoms with van der Waals surface area (Å²) < 4.78 is 0. The third kappa shape index (κ3) is 3.05. The van der Waals surface area contributed by atoms with E-state index in [2.05, 4.69) is 30.3 Å². The highest BCUT2D eigenvalue weighted by Crippen LogP contribution is 2.37. The summed E-state index contributed by atoms with van der Waals surface area (Å²) in [4.78, 5) is 2.84. The van der Waals surface area contributed by atoms with Crippen LogP contribution in [0, 0.1) is 5.92 Å². The molecule has 18 heavy (non-hydrogen) atoms. The maximum atomic E-state index is 3.86. The fourth-order valence-electron chi connectivity index (χ4n) is 3.65. The lowest BCUT2D eigenvalue weighted by Crippen LogP contribution is -2.65. The smallest absolute Gasteiger partial charge is 0.0335 e. The maximum absolute atomic E-state index is 3.86. The van der Waals surface area contributed by atoms with E-state index in [1.165, 1.54) is 57.5 Å². The molecule has 2 atom stereocenters. The zero-order chi connectivity index (χ0) is 13.0. The molecule has 2 fully saturated rings. The molecule has 1 saturated carbocycles. The third-order valence-electron chi connectivity index (χ3n) is 5.21. The Morgan fingerprint density at radius 1 is 1.39 bits per heavy atom. The van der Waals surface area contributed by atoms with Crippen molar-refractivity contribution in [2.75, 3.05) is 31.6 Å². The first-order valence-electron chi connectivity index (χ1n) is 7.69. The summed E-state index contributed by atoms with van der Waals surface area (Å²) in [7, 11) is 0. The molecule has 1 saturated heterocycles. The molecular weight excluding hydrogens is 240 g/mol. The second-order valence-electron chi connectivity index (χ2n) is 6.24. The Labute approximate surface area is 117 Å². The van der Waals surface area contributed by atoms with Gasteiger partial charge < -0.3 is 5.32 Å². The summed E-state index contributed by atoms with van der Waals surface area (Å²) in [5, 5.41) is 3.86. The Balaban J connectivity index is 2.00. The van der Waals surface area contributed by atoms with Gasteiger partial charge in [-0.15, -0.1) is 0 Å². The van der Waals surface area contributed by atoms with Gasteiger partial charge in [-0.25, -0.2) is 0 Å². The molecule has 0 aromatic carbocycles. The van der Waals surface area contributed by atoms with Gasteiger partial charge in [-0.3, -0.25) is 4.90 Å². The molecule has 106 valence electrons. The van der Waals surface area contributed by atoms with Crippen LogP contribution in [0.4, 0.5) is 0 Å². The molecule has 0 amide bonds. The Morgan fingerprint density at radius 3 is 2.72 bits per heavy atom. The molecule has 0 aromatic heterocycles. The molecule has 2 unspecified atom stereocenters. The predicted octanol–water partition coefficient (Wildman–Crippen LogP) is 2.98. The quantitative estimate of drug-likeness (QED) is 0.827. The summed E-state index contributed by atoms with van der Waals surface area (Å²) in [5.74, 6) is 2.09. The van der Waals surface area contributed by atoms with Crippen molar-refractivity contribution in [3.05, 3.63) is 0 Å². The van der Waals surface area contributed by atoms with Crippen LogP contribution in [0.5, 0.6) is 0 Å². The topological polar surface area (TPSA) is 15.3 Å². The lowest BCUT2D eigenvalue weighted by atomic mass is 9.87. The van der Waals surface area contributed by atoms with E-state index in [1.807, 2.05) is 11.8 Å². The first-order chi connectivity index (χ1) is 8.72. The third-order valence-corrected chi connectivity index (χ3v) is 5.80. The van der Waals surface area contributed by atoms with Gasteiger partial charge in [0.2, 0.25) is 0 Å². The Kier molecular flexibility index (Phi) is 5.40. The summed E-state index contributed by atoms with van der Waals surface area (Å²) in [6, 6.07) is 0.711. The molecular formula is C15H30N2S. The molecule has 2 aliphatic rings. The minimum atomic E-state index is 0.514. The van der Waals surface area contributed by atoms with E-state index in [-0.39, 0.29) is 0 Å². The number of thioether (sulfide) groups is 1. The molecule has 0 radical (unpaired) electrons. The van der Waals surface area contributed by atoms with Gasteiger partial charge in [-0.2, -0.15) is 11.8 Å². The monoisotopic (exact) mass is 270 g/mol. The van der Waals surface area contributed by atoms with E-state index in [9.17, 15) is 0 Å². The van der Waals surface area contributed by atoms with Crippen molar-refractivity contribution in [1.29, 1.82) is 0 Å². The van der Waals surface area contributed by atoms with Crippen molar-refractivity contribution < 1.29 is 0 Å². The highest BCUT2D eigenvalue weighted by atomic mass is 32.2. The molecule has 1 heterocycles. The standard InChI is InChI=1S/C15H30N2S/c1-4-13(2)14-11-17(9-10-18-3)15(12-16-14)7-5-6-8-15/h13-14,16H,4-12H2,1-3H3. The van der Waals surface area contributed by atoms with E-state index >= 15 is 0 Å². The average Bonchev–Trinajstić information content (AvgIpc) is 2.86. The fraction of sp³-hybridized carbons (Fsp3) is 1.00. The van der Waals surface area contributed by atoms with Gasteiger partial charge in [0, 0.05) is 37.0 Å². The van der Waals surface area contributed by atoms with Crippen molar-refractivity contribution in [1.82, 2.24) is 10.2 Å².